The number of piperidine rings is 1. The molecule has 0 atom stereocenters. The molecule has 1 spiro atoms. The van der Waals surface area contributed by atoms with Gasteiger partial charge in [0.1, 0.15) is 5.75 Å². The standard InChI is InChI=1S/C15H22N2O/c1-12-4-5-14(18-2)13(8-12)17-10-15(11-17)6-3-7-16-9-15/h4-5,8,16H,3,6-7,9-11H2,1-2H3. The number of rotatable bonds is 2. The molecule has 3 heteroatoms. The van der Waals surface area contributed by atoms with Crippen LogP contribution in [-0.4, -0.2) is 33.3 Å². The Kier molecular flexibility index (Phi) is 2.94. The van der Waals surface area contributed by atoms with Crippen molar-refractivity contribution in [2.45, 2.75) is 19.8 Å². The Bertz CT molecular complexity index is 430. The van der Waals surface area contributed by atoms with Crippen molar-refractivity contribution in [1.29, 1.82) is 0 Å². The van der Waals surface area contributed by atoms with Crippen LogP contribution in [0.25, 0.3) is 0 Å². The van der Waals surface area contributed by atoms with Crippen molar-refractivity contribution < 1.29 is 4.74 Å². The van der Waals surface area contributed by atoms with Crippen molar-refractivity contribution in [3.63, 3.8) is 0 Å². The fraction of sp³-hybridized carbons (Fsp3) is 0.600. The molecule has 0 aliphatic carbocycles. The summed E-state index contributed by atoms with van der Waals surface area (Å²) in [6.45, 7) is 6.84. The minimum Gasteiger partial charge on any atom is -0.495 e. The molecule has 1 N–H and O–H groups in total. The largest absolute Gasteiger partial charge is 0.495 e. The first-order valence-electron chi connectivity index (χ1n) is 6.83. The number of hydrogen-bond donors (Lipinski definition) is 1. The number of hydrogen-bond acceptors (Lipinski definition) is 3. The van der Waals surface area contributed by atoms with E-state index in [1.54, 1.807) is 7.11 Å². The van der Waals surface area contributed by atoms with Crippen molar-refractivity contribution in [2.75, 3.05) is 38.2 Å². The fourth-order valence-corrected chi connectivity index (χ4v) is 3.28. The van der Waals surface area contributed by atoms with Crippen molar-refractivity contribution in [1.82, 2.24) is 5.32 Å². The van der Waals surface area contributed by atoms with Crippen LogP contribution >= 0.6 is 0 Å². The number of aryl methyl sites for hydroxylation is 1. The van der Waals surface area contributed by atoms with Crippen LogP contribution in [0.4, 0.5) is 5.69 Å². The first kappa shape index (κ1) is 11.8. The topological polar surface area (TPSA) is 24.5 Å². The highest BCUT2D eigenvalue weighted by atomic mass is 16.5. The maximum absolute atomic E-state index is 5.48. The van der Waals surface area contributed by atoms with Crippen LogP contribution in [0.3, 0.4) is 0 Å². The summed E-state index contributed by atoms with van der Waals surface area (Å²) >= 11 is 0. The zero-order valence-corrected chi connectivity index (χ0v) is 11.3. The van der Waals surface area contributed by atoms with Crippen molar-refractivity contribution >= 4 is 5.69 Å². The predicted molar refractivity (Wildman–Crippen MR) is 74.5 cm³/mol. The molecule has 2 saturated heterocycles. The lowest BCUT2D eigenvalue weighted by molar-refractivity contribution is 0.156. The second-order valence-corrected chi connectivity index (χ2v) is 5.81. The lowest BCUT2D eigenvalue weighted by Gasteiger charge is -2.53. The van der Waals surface area contributed by atoms with E-state index in [-0.39, 0.29) is 0 Å². The van der Waals surface area contributed by atoms with Crippen molar-refractivity contribution in [3.05, 3.63) is 23.8 Å². The minimum atomic E-state index is 0.521. The second kappa shape index (κ2) is 4.47. The lowest BCUT2D eigenvalue weighted by atomic mass is 9.73. The third-order valence-corrected chi connectivity index (χ3v) is 4.29. The Morgan fingerprint density at radius 1 is 1.33 bits per heavy atom. The third kappa shape index (κ3) is 1.97. The molecule has 2 fully saturated rings. The summed E-state index contributed by atoms with van der Waals surface area (Å²) in [5.74, 6) is 0.999. The first-order valence-corrected chi connectivity index (χ1v) is 6.83. The molecular weight excluding hydrogens is 224 g/mol. The highest BCUT2D eigenvalue weighted by Gasteiger charge is 2.44. The monoisotopic (exact) mass is 246 g/mol. The van der Waals surface area contributed by atoms with Crippen LogP contribution in [-0.2, 0) is 0 Å². The fourth-order valence-electron chi connectivity index (χ4n) is 3.28. The third-order valence-electron chi connectivity index (χ3n) is 4.29. The molecule has 2 aliphatic rings. The molecule has 98 valence electrons. The number of nitrogens with one attached hydrogen (secondary N) is 1. The average molecular weight is 246 g/mol. The molecule has 1 aromatic carbocycles. The van der Waals surface area contributed by atoms with E-state index >= 15 is 0 Å². The van der Waals surface area contributed by atoms with E-state index in [0.717, 1.165) is 5.75 Å². The van der Waals surface area contributed by atoms with Crippen LogP contribution in [0.5, 0.6) is 5.75 Å². The van der Waals surface area contributed by atoms with E-state index < -0.39 is 0 Å². The molecule has 0 saturated carbocycles. The first-order chi connectivity index (χ1) is 8.72. The maximum Gasteiger partial charge on any atom is 0.142 e. The molecule has 0 radical (unpaired) electrons. The number of anilines is 1. The van der Waals surface area contributed by atoms with Gasteiger partial charge >= 0.3 is 0 Å². The van der Waals surface area contributed by atoms with Crippen molar-refractivity contribution in [2.24, 2.45) is 5.41 Å². The molecule has 0 amide bonds. The van der Waals surface area contributed by atoms with E-state index in [2.05, 4.69) is 35.3 Å². The van der Waals surface area contributed by atoms with E-state index in [4.69, 9.17) is 4.74 Å². The van der Waals surface area contributed by atoms with Gasteiger partial charge < -0.3 is 15.0 Å². The van der Waals surface area contributed by atoms with Gasteiger partial charge in [-0.2, -0.15) is 0 Å². The van der Waals surface area contributed by atoms with E-state index in [1.165, 1.54) is 50.3 Å². The summed E-state index contributed by atoms with van der Waals surface area (Å²) in [7, 11) is 1.76. The number of nitrogens with zero attached hydrogens (tertiary/aromatic N) is 1. The van der Waals surface area contributed by atoms with Crippen LogP contribution in [0.2, 0.25) is 0 Å². The molecule has 1 aromatic rings. The van der Waals surface area contributed by atoms with Crippen molar-refractivity contribution in [3.8, 4) is 5.75 Å². The number of benzene rings is 1. The van der Waals surface area contributed by atoms with Crippen LogP contribution < -0.4 is 15.0 Å². The zero-order valence-electron chi connectivity index (χ0n) is 11.3. The van der Waals surface area contributed by atoms with Gasteiger partial charge in [0.2, 0.25) is 0 Å². The Balaban J connectivity index is 1.75. The Labute approximate surface area is 109 Å². The summed E-state index contributed by atoms with van der Waals surface area (Å²) in [5.41, 5.74) is 3.08. The van der Waals surface area contributed by atoms with Crippen LogP contribution in [0, 0.1) is 12.3 Å². The summed E-state index contributed by atoms with van der Waals surface area (Å²) in [5, 5.41) is 3.53. The SMILES string of the molecule is COc1ccc(C)cc1N1CC2(CCCNC2)C1. The molecular formula is C15H22N2O. The summed E-state index contributed by atoms with van der Waals surface area (Å²) in [6, 6.07) is 6.43. The zero-order chi connectivity index (χ0) is 12.6. The number of ether oxygens (including phenoxy) is 1. The molecule has 0 aromatic heterocycles. The average Bonchev–Trinajstić information content (AvgIpc) is 2.37. The molecule has 3 nitrogen and oxygen atoms in total. The maximum atomic E-state index is 5.48. The van der Waals surface area contributed by atoms with Gasteiger partial charge in [-0.1, -0.05) is 6.07 Å². The Morgan fingerprint density at radius 3 is 2.83 bits per heavy atom. The lowest BCUT2D eigenvalue weighted by Crippen LogP contribution is -2.62. The highest BCUT2D eigenvalue weighted by Crippen LogP contribution is 2.42. The Morgan fingerprint density at radius 2 is 2.17 bits per heavy atom. The Hall–Kier alpha value is -1.22. The van der Waals surface area contributed by atoms with E-state index in [1.807, 2.05) is 0 Å². The molecule has 18 heavy (non-hydrogen) atoms. The summed E-state index contributed by atoms with van der Waals surface area (Å²) in [6.07, 6.45) is 2.68. The highest BCUT2D eigenvalue weighted by molar-refractivity contribution is 5.62. The van der Waals surface area contributed by atoms with Gasteiger partial charge in [-0.05, 0) is 44.0 Å². The quantitative estimate of drug-likeness (QED) is 0.865. The normalized spacial score (nSPS) is 21.8. The van der Waals surface area contributed by atoms with E-state index in [0.29, 0.717) is 5.41 Å². The van der Waals surface area contributed by atoms with E-state index in [9.17, 15) is 0 Å². The molecule has 0 bridgehead atoms. The van der Waals surface area contributed by atoms with Gasteiger partial charge in [0, 0.05) is 25.0 Å². The molecule has 3 rings (SSSR count). The summed E-state index contributed by atoms with van der Waals surface area (Å²) in [4.78, 5) is 2.46. The predicted octanol–water partition coefficient (Wildman–Crippen LogP) is 2.19. The van der Waals surface area contributed by atoms with Gasteiger partial charge in [-0.15, -0.1) is 0 Å². The molecule has 2 heterocycles. The van der Waals surface area contributed by atoms with Gasteiger partial charge in [0.05, 0.1) is 12.8 Å². The minimum absolute atomic E-state index is 0.521. The second-order valence-electron chi connectivity index (χ2n) is 5.81. The number of methoxy groups -OCH3 is 1. The van der Waals surface area contributed by atoms with Gasteiger partial charge in [-0.3, -0.25) is 0 Å². The van der Waals surface area contributed by atoms with Gasteiger partial charge in [0.15, 0.2) is 0 Å². The molecule has 0 unspecified atom stereocenters. The molecule has 2 aliphatic heterocycles. The van der Waals surface area contributed by atoms with Gasteiger partial charge in [0.25, 0.3) is 0 Å². The van der Waals surface area contributed by atoms with Crippen LogP contribution in [0.1, 0.15) is 18.4 Å². The smallest absolute Gasteiger partial charge is 0.142 e. The van der Waals surface area contributed by atoms with Crippen LogP contribution in [0.15, 0.2) is 18.2 Å². The van der Waals surface area contributed by atoms with Gasteiger partial charge in [-0.25, -0.2) is 0 Å². The summed E-state index contributed by atoms with van der Waals surface area (Å²) < 4.78 is 5.48.